The Morgan fingerprint density at radius 1 is 0.562 bits per heavy atom. The van der Waals surface area contributed by atoms with Crippen molar-refractivity contribution in [2.24, 2.45) is 0 Å². The molecule has 0 aromatic carbocycles. The van der Waals surface area contributed by atoms with Gasteiger partial charge < -0.3 is 46.3 Å². The van der Waals surface area contributed by atoms with Gasteiger partial charge in [-0.2, -0.15) is 0 Å². The summed E-state index contributed by atoms with van der Waals surface area (Å²) in [7, 11) is -10.3. The molecule has 12 N–H and O–H groups in total. The molecule has 0 atom stereocenters. The Morgan fingerprint density at radius 3 is 0.562 bits per heavy atom. The molecular formula is H12CeNO12S2. The van der Waals surface area contributed by atoms with Crippen molar-refractivity contribution in [1.82, 2.24) is 6.15 Å². The van der Waals surface area contributed by atoms with Crippen LogP contribution in [0, 0.1) is 41.7 Å². The molecular weight excluding hydrogens is 410 g/mol. The second-order valence-electron chi connectivity index (χ2n) is 0.816. The minimum atomic E-state index is -5.17. The van der Waals surface area contributed by atoms with Crippen LogP contribution in [0.25, 0.3) is 0 Å². The third kappa shape index (κ3) is 3440. The van der Waals surface area contributed by atoms with Crippen LogP contribution in [0.15, 0.2) is 0 Å². The van der Waals surface area contributed by atoms with Gasteiger partial charge in [-0.05, 0) is 0 Å². The summed E-state index contributed by atoms with van der Waals surface area (Å²) in [5, 5.41) is 0. The maximum absolute atomic E-state index is 8.52. The van der Waals surface area contributed by atoms with Crippen molar-refractivity contribution >= 4 is 20.8 Å². The Kier molecular flexibility index (Phi) is 71.5. The molecule has 0 aromatic heterocycles. The molecule has 1 radical (unpaired) electrons. The van der Waals surface area contributed by atoms with E-state index in [4.69, 9.17) is 35.0 Å². The SMILES string of the molecule is O.O.O.O.O=S(=O)([O-])[O-].O=S(=O)([O-])[O-].[Ce+3].[NH4+]. The van der Waals surface area contributed by atoms with E-state index in [1.165, 1.54) is 0 Å². The number of hydrogen-bond acceptors (Lipinski definition) is 8. The molecule has 0 rings (SSSR count). The van der Waals surface area contributed by atoms with Crippen molar-refractivity contribution in [3.05, 3.63) is 0 Å². The molecule has 0 aromatic rings. The molecule has 16 heteroatoms. The quantitative estimate of drug-likeness (QED) is 0.289. The summed E-state index contributed by atoms with van der Waals surface area (Å²) < 4.78 is 68.2. The number of hydrogen-bond donors (Lipinski definition) is 1. The van der Waals surface area contributed by atoms with Gasteiger partial charge >= 0.3 is 41.7 Å². The summed E-state index contributed by atoms with van der Waals surface area (Å²) in [5.74, 6) is 0. The van der Waals surface area contributed by atoms with E-state index < -0.39 is 20.8 Å². The van der Waals surface area contributed by atoms with Crippen LogP contribution in [0.1, 0.15) is 0 Å². The first-order chi connectivity index (χ1) is 4.00. The van der Waals surface area contributed by atoms with Gasteiger partial charge in [0.1, 0.15) is 0 Å². The van der Waals surface area contributed by atoms with Crippen LogP contribution in [0.2, 0.25) is 0 Å². The standard InChI is InChI=1S/Ce.H3N.2H2O4S.4H2O/c;;2*1-5(2,3)4;;;;/h;1H3;2*(H2,1,2,3,4);4*1H2/q+3;;;;;;;/p-3. The van der Waals surface area contributed by atoms with E-state index in [2.05, 4.69) is 0 Å². The van der Waals surface area contributed by atoms with Gasteiger partial charge in [-0.15, -0.1) is 0 Å². The molecule has 0 aliphatic carbocycles. The Labute approximate surface area is 125 Å². The maximum atomic E-state index is 8.52. The van der Waals surface area contributed by atoms with Gasteiger partial charge in [0.25, 0.3) is 0 Å². The third-order valence-electron chi connectivity index (χ3n) is 0. The van der Waals surface area contributed by atoms with Crippen LogP contribution in [0.4, 0.5) is 0 Å². The predicted octanol–water partition coefficient (Wildman–Crippen LogP) is -5.60. The maximum Gasteiger partial charge on any atom is 3.00 e. The Hall–Kier alpha value is 0.917. The smallest absolute Gasteiger partial charge is 0.759 e. The van der Waals surface area contributed by atoms with Crippen molar-refractivity contribution in [2.45, 2.75) is 0 Å². The van der Waals surface area contributed by atoms with E-state index in [-0.39, 0.29) is 69.8 Å². The molecule has 0 unspecified atom stereocenters. The molecule has 0 spiro atoms. The van der Waals surface area contributed by atoms with Gasteiger partial charge in [0.2, 0.25) is 0 Å². The van der Waals surface area contributed by atoms with Crippen LogP contribution >= 0.6 is 0 Å². The fraction of sp³-hybridized carbons (Fsp3) is 0. The Morgan fingerprint density at radius 2 is 0.562 bits per heavy atom. The largest absolute Gasteiger partial charge is 3.00 e. The zero-order valence-electron chi connectivity index (χ0n) is 7.58. The van der Waals surface area contributed by atoms with Crippen LogP contribution in [-0.4, -0.2) is 57.0 Å². The van der Waals surface area contributed by atoms with Crippen LogP contribution in [0.5, 0.6) is 0 Å². The summed E-state index contributed by atoms with van der Waals surface area (Å²) in [6, 6.07) is 0. The molecule has 0 aliphatic rings. The molecule has 0 saturated heterocycles. The van der Waals surface area contributed by atoms with Crippen LogP contribution < -0.4 is 6.15 Å². The fourth-order valence-corrected chi connectivity index (χ4v) is 0. The van der Waals surface area contributed by atoms with E-state index >= 15 is 0 Å². The minimum Gasteiger partial charge on any atom is -0.759 e. The van der Waals surface area contributed by atoms with Crippen molar-refractivity contribution < 1.29 is 98.7 Å². The summed E-state index contributed by atoms with van der Waals surface area (Å²) in [4.78, 5) is 0. The summed E-state index contributed by atoms with van der Waals surface area (Å²) in [5.41, 5.74) is 0. The van der Waals surface area contributed by atoms with E-state index in [0.717, 1.165) is 0 Å². The average Bonchev–Trinajstić information content (AvgIpc) is 1.12. The average molecular weight is 422 g/mol. The van der Waals surface area contributed by atoms with E-state index in [1.807, 2.05) is 0 Å². The molecule has 0 bridgehead atoms. The van der Waals surface area contributed by atoms with Crippen molar-refractivity contribution in [2.75, 3.05) is 0 Å². The first-order valence-corrected chi connectivity index (χ1v) is 4.00. The minimum absolute atomic E-state index is 0. The molecule has 105 valence electrons. The predicted molar refractivity (Wildman–Crippen MR) is 41.4 cm³/mol. The van der Waals surface area contributed by atoms with Crippen molar-refractivity contribution in [1.29, 1.82) is 0 Å². The van der Waals surface area contributed by atoms with Crippen molar-refractivity contribution in [3.63, 3.8) is 0 Å². The van der Waals surface area contributed by atoms with Gasteiger partial charge in [-0.1, -0.05) is 0 Å². The first kappa shape index (κ1) is 53.9. The zero-order valence-corrected chi connectivity index (χ0v) is 12.4. The van der Waals surface area contributed by atoms with Crippen LogP contribution in [0.3, 0.4) is 0 Å². The van der Waals surface area contributed by atoms with Gasteiger partial charge in [0.15, 0.2) is 0 Å². The van der Waals surface area contributed by atoms with Crippen molar-refractivity contribution in [3.8, 4) is 0 Å². The molecule has 0 amide bonds. The Balaban J connectivity index is -0.00000000970. The normalized spacial score (nSPS) is 7.25. The summed E-state index contributed by atoms with van der Waals surface area (Å²) in [6.45, 7) is 0. The van der Waals surface area contributed by atoms with Crippen LogP contribution in [-0.2, 0) is 20.8 Å². The summed E-state index contributed by atoms with van der Waals surface area (Å²) >= 11 is 0. The second kappa shape index (κ2) is 21.2. The molecule has 16 heavy (non-hydrogen) atoms. The molecule has 0 heterocycles. The van der Waals surface area contributed by atoms with E-state index in [9.17, 15) is 0 Å². The van der Waals surface area contributed by atoms with Gasteiger partial charge in [-0.25, -0.2) is 0 Å². The van der Waals surface area contributed by atoms with E-state index in [0.29, 0.717) is 0 Å². The zero-order chi connectivity index (χ0) is 9.00. The van der Waals surface area contributed by atoms with Gasteiger partial charge in [0.05, 0.1) is 0 Å². The van der Waals surface area contributed by atoms with Gasteiger partial charge in [-0.3, -0.25) is 16.8 Å². The molecule has 0 aliphatic heterocycles. The number of quaternary nitrogens is 1. The fourth-order valence-electron chi connectivity index (χ4n) is 0. The first-order valence-electron chi connectivity index (χ1n) is 1.33. The molecule has 13 nitrogen and oxygen atoms in total. The topological polar surface area (TPSA) is 323 Å². The van der Waals surface area contributed by atoms with Gasteiger partial charge in [0, 0.05) is 20.8 Å². The second-order valence-corrected chi connectivity index (χ2v) is 2.45. The number of rotatable bonds is 0. The summed E-state index contributed by atoms with van der Waals surface area (Å²) in [6.07, 6.45) is 0. The molecule has 0 fully saturated rings. The molecule has 0 saturated carbocycles. The van der Waals surface area contributed by atoms with E-state index in [1.54, 1.807) is 0 Å². The monoisotopic (exact) mass is 422 g/mol. The Bertz CT molecular complexity index is 215. The third-order valence-corrected chi connectivity index (χ3v) is 0.